The second-order valence-electron chi connectivity index (χ2n) is 1.78. The van der Waals surface area contributed by atoms with Crippen LogP contribution in [0.25, 0.3) is 0 Å². The molecule has 2 N–H and O–H groups in total. The molecular weight excluding hydrogens is 116 g/mol. The molecule has 0 aliphatic carbocycles. The highest BCUT2D eigenvalue weighted by Gasteiger charge is 1.93. The first-order chi connectivity index (χ1) is 4.20. The lowest BCUT2D eigenvalue weighted by atomic mass is 9.95. The summed E-state index contributed by atoms with van der Waals surface area (Å²) in [6, 6.07) is 4.18. The number of hydrogen-bond acceptors (Lipinski definition) is 1. The van der Waals surface area contributed by atoms with Crippen molar-refractivity contribution >= 4 is 19.0 Å². The zero-order valence-corrected chi connectivity index (χ0v) is 4.76. The minimum Gasteiger partial charge on any atom is -0.399 e. The SMILES string of the molecule is [B]c1ccc(N)cc1F. The van der Waals surface area contributed by atoms with E-state index in [0.717, 1.165) is 0 Å². The molecule has 0 saturated carbocycles. The Morgan fingerprint density at radius 1 is 1.44 bits per heavy atom. The molecule has 0 fully saturated rings. The van der Waals surface area contributed by atoms with Gasteiger partial charge in [-0.3, -0.25) is 0 Å². The summed E-state index contributed by atoms with van der Waals surface area (Å²) >= 11 is 0. The lowest BCUT2D eigenvalue weighted by Crippen LogP contribution is -2.07. The molecule has 3 heteroatoms. The van der Waals surface area contributed by atoms with Gasteiger partial charge in [0.15, 0.2) is 0 Å². The quantitative estimate of drug-likeness (QED) is 0.385. The highest BCUT2D eigenvalue weighted by Crippen LogP contribution is 2.00. The molecule has 1 nitrogen and oxygen atoms in total. The van der Waals surface area contributed by atoms with Crippen molar-refractivity contribution in [2.24, 2.45) is 0 Å². The molecule has 0 aromatic heterocycles. The van der Waals surface area contributed by atoms with Crippen molar-refractivity contribution in [3.05, 3.63) is 24.0 Å². The summed E-state index contributed by atoms with van der Waals surface area (Å²) in [4.78, 5) is 0. The second kappa shape index (κ2) is 2.09. The number of rotatable bonds is 0. The number of anilines is 1. The maximum absolute atomic E-state index is 12.4. The molecule has 0 spiro atoms. The number of halogens is 1. The zero-order valence-electron chi connectivity index (χ0n) is 4.76. The summed E-state index contributed by atoms with van der Waals surface area (Å²) in [5.41, 5.74) is 5.75. The third-order valence-corrected chi connectivity index (χ3v) is 1.02. The number of benzene rings is 1. The molecule has 0 bridgehead atoms. The van der Waals surface area contributed by atoms with Crippen LogP contribution in [0.1, 0.15) is 0 Å². The smallest absolute Gasteiger partial charge is 0.118 e. The van der Waals surface area contributed by atoms with Crippen LogP contribution in [0.15, 0.2) is 18.2 Å². The first-order valence-electron chi connectivity index (χ1n) is 2.50. The first-order valence-corrected chi connectivity index (χ1v) is 2.50. The van der Waals surface area contributed by atoms with Gasteiger partial charge in [-0.2, -0.15) is 0 Å². The molecule has 0 heterocycles. The molecule has 44 valence electrons. The standard InChI is InChI=1S/C6H5BFN/c7-5-2-1-4(9)3-6(5)8/h1-3H,9H2. The molecule has 1 rings (SSSR count). The maximum atomic E-state index is 12.4. The van der Waals surface area contributed by atoms with Gasteiger partial charge in [-0.05, 0) is 12.1 Å². The average molecular weight is 121 g/mol. The first kappa shape index (κ1) is 6.14. The predicted molar refractivity (Wildman–Crippen MR) is 36.2 cm³/mol. The van der Waals surface area contributed by atoms with E-state index >= 15 is 0 Å². The van der Waals surface area contributed by atoms with Crippen LogP contribution >= 0.6 is 0 Å². The normalized spacial score (nSPS) is 9.44. The topological polar surface area (TPSA) is 26.0 Å². The van der Waals surface area contributed by atoms with E-state index < -0.39 is 5.82 Å². The van der Waals surface area contributed by atoms with Gasteiger partial charge in [0.25, 0.3) is 0 Å². The number of nitrogen functional groups attached to an aromatic ring is 1. The van der Waals surface area contributed by atoms with Crippen molar-refractivity contribution in [1.82, 2.24) is 0 Å². The molecule has 0 amide bonds. The van der Waals surface area contributed by atoms with Gasteiger partial charge in [0.05, 0.1) is 0 Å². The molecule has 0 atom stereocenters. The van der Waals surface area contributed by atoms with Crippen LogP contribution in [-0.2, 0) is 0 Å². The Balaban J connectivity index is 3.17. The molecule has 0 unspecified atom stereocenters. The molecule has 1 aromatic rings. The summed E-state index contributed by atoms with van der Waals surface area (Å²) in [6.45, 7) is 0. The van der Waals surface area contributed by atoms with Gasteiger partial charge in [0.1, 0.15) is 13.7 Å². The summed E-state index contributed by atoms with van der Waals surface area (Å²) in [6.07, 6.45) is 0. The van der Waals surface area contributed by atoms with Crippen LogP contribution in [0, 0.1) is 5.82 Å². The third-order valence-electron chi connectivity index (χ3n) is 1.02. The highest BCUT2D eigenvalue weighted by molar-refractivity contribution is 6.32. The van der Waals surface area contributed by atoms with Gasteiger partial charge < -0.3 is 5.73 Å². The Morgan fingerprint density at radius 3 is 2.56 bits per heavy atom. The van der Waals surface area contributed by atoms with Gasteiger partial charge in [-0.15, -0.1) is 0 Å². The molecule has 2 radical (unpaired) electrons. The van der Waals surface area contributed by atoms with Crippen LogP contribution in [-0.4, -0.2) is 7.85 Å². The predicted octanol–water partition coefficient (Wildman–Crippen LogP) is 0.202. The Labute approximate surface area is 54.1 Å². The van der Waals surface area contributed by atoms with E-state index in [4.69, 9.17) is 13.6 Å². The van der Waals surface area contributed by atoms with Gasteiger partial charge in [-0.1, -0.05) is 11.5 Å². The Bertz CT molecular complexity index is 224. The van der Waals surface area contributed by atoms with Crippen LogP contribution < -0.4 is 11.2 Å². The minimum atomic E-state index is -0.463. The minimum absolute atomic E-state index is 0.129. The lowest BCUT2D eigenvalue weighted by molar-refractivity contribution is 0.637. The monoisotopic (exact) mass is 121 g/mol. The fourth-order valence-corrected chi connectivity index (χ4v) is 0.543. The van der Waals surface area contributed by atoms with Gasteiger partial charge in [0.2, 0.25) is 0 Å². The molecule has 0 aliphatic rings. The van der Waals surface area contributed by atoms with Crippen LogP contribution in [0.3, 0.4) is 0 Å². The molecular formula is C6H5BFN. The summed E-state index contributed by atoms with van der Waals surface area (Å²) in [5.74, 6) is -0.463. The fourth-order valence-electron chi connectivity index (χ4n) is 0.543. The maximum Gasteiger partial charge on any atom is 0.118 e. The summed E-state index contributed by atoms with van der Waals surface area (Å²) in [7, 11) is 5.16. The van der Waals surface area contributed by atoms with Crippen molar-refractivity contribution in [3.8, 4) is 0 Å². The Hall–Kier alpha value is -0.985. The molecule has 1 aromatic carbocycles. The second-order valence-corrected chi connectivity index (χ2v) is 1.78. The molecule has 0 saturated heterocycles. The fraction of sp³-hybridized carbons (Fsp3) is 0. The van der Waals surface area contributed by atoms with Crippen molar-refractivity contribution in [3.63, 3.8) is 0 Å². The summed E-state index contributed by atoms with van der Waals surface area (Å²) in [5, 5.41) is 0. The number of hydrogen-bond donors (Lipinski definition) is 1. The molecule has 0 aliphatic heterocycles. The van der Waals surface area contributed by atoms with Gasteiger partial charge in [0, 0.05) is 5.69 Å². The van der Waals surface area contributed by atoms with Gasteiger partial charge in [-0.25, -0.2) is 4.39 Å². The van der Waals surface area contributed by atoms with Crippen molar-refractivity contribution in [2.75, 3.05) is 5.73 Å². The van der Waals surface area contributed by atoms with Crippen molar-refractivity contribution < 1.29 is 4.39 Å². The largest absolute Gasteiger partial charge is 0.399 e. The molecule has 9 heavy (non-hydrogen) atoms. The zero-order chi connectivity index (χ0) is 6.85. The van der Waals surface area contributed by atoms with E-state index in [0.29, 0.717) is 5.69 Å². The lowest BCUT2D eigenvalue weighted by Gasteiger charge is -1.95. The average Bonchev–Trinajstić information content (AvgIpc) is 1.80. The van der Waals surface area contributed by atoms with Crippen molar-refractivity contribution in [1.29, 1.82) is 0 Å². The Morgan fingerprint density at radius 2 is 2.11 bits per heavy atom. The Kier molecular flexibility index (Phi) is 1.43. The number of nitrogens with two attached hydrogens (primary N) is 1. The third kappa shape index (κ3) is 1.22. The van der Waals surface area contributed by atoms with E-state index in [-0.39, 0.29) is 5.46 Å². The van der Waals surface area contributed by atoms with E-state index in [1.54, 1.807) is 6.07 Å². The van der Waals surface area contributed by atoms with Crippen LogP contribution in [0.2, 0.25) is 0 Å². The van der Waals surface area contributed by atoms with Crippen LogP contribution in [0.5, 0.6) is 0 Å². The van der Waals surface area contributed by atoms with Gasteiger partial charge >= 0.3 is 0 Å². The van der Waals surface area contributed by atoms with Crippen LogP contribution in [0.4, 0.5) is 10.1 Å². The van der Waals surface area contributed by atoms with E-state index in [1.807, 2.05) is 0 Å². The van der Waals surface area contributed by atoms with Crippen molar-refractivity contribution in [2.45, 2.75) is 0 Å². The summed E-state index contributed by atoms with van der Waals surface area (Å²) < 4.78 is 12.4. The van der Waals surface area contributed by atoms with E-state index in [2.05, 4.69) is 0 Å². The highest BCUT2D eigenvalue weighted by atomic mass is 19.1. The van der Waals surface area contributed by atoms with E-state index in [9.17, 15) is 4.39 Å². The van der Waals surface area contributed by atoms with E-state index in [1.165, 1.54) is 12.1 Å².